The highest BCUT2D eigenvalue weighted by Gasteiger charge is 2.08. The van der Waals surface area contributed by atoms with Crippen LogP contribution in [0.3, 0.4) is 0 Å². The molecule has 0 spiro atoms. The minimum Gasteiger partial charge on any atom is -0.397 e. The van der Waals surface area contributed by atoms with E-state index in [1.54, 1.807) is 25.1 Å². The van der Waals surface area contributed by atoms with Crippen LogP contribution in [0.25, 0.3) is 0 Å². The molecule has 0 aliphatic heterocycles. The van der Waals surface area contributed by atoms with E-state index >= 15 is 0 Å². The van der Waals surface area contributed by atoms with Crippen LogP contribution in [-0.2, 0) is 0 Å². The Balaban J connectivity index is 3.16. The zero-order valence-electron chi connectivity index (χ0n) is 7.00. The average molecular weight is 164 g/mol. The van der Waals surface area contributed by atoms with Gasteiger partial charge in [-0.2, -0.15) is 0 Å². The molecule has 12 heavy (non-hydrogen) atoms. The van der Waals surface area contributed by atoms with E-state index < -0.39 is 0 Å². The summed E-state index contributed by atoms with van der Waals surface area (Å²) in [6, 6.07) is 5.11. The third-order valence-electron chi connectivity index (χ3n) is 1.76. The average Bonchev–Trinajstić information content (AvgIpc) is 2.08. The van der Waals surface area contributed by atoms with Gasteiger partial charge in [0.2, 0.25) is 0 Å². The van der Waals surface area contributed by atoms with E-state index in [1.165, 1.54) is 0 Å². The summed E-state index contributed by atoms with van der Waals surface area (Å²) in [6.07, 6.45) is 0.452. The standard InChI is InChI=1S/C9H12N2O/c1-2-8(12)6-4-3-5-7(10)9(6)11/h3-5H,2,10-11H2,1H3. The molecule has 0 aliphatic rings. The largest absolute Gasteiger partial charge is 0.397 e. The predicted molar refractivity (Wildman–Crippen MR) is 49.9 cm³/mol. The van der Waals surface area contributed by atoms with Gasteiger partial charge in [-0.15, -0.1) is 0 Å². The first kappa shape index (κ1) is 8.59. The first-order valence-corrected chi connectivity index (χ1v) is 3.84. The molecule has 0 bridgehead atoms. The topological polar surface area (TPSA) is 69.1 Å². The maximum absolute atomic E-state index is 11.3. The van der Waals surface area contributed by atoms with Gasteiger partial charge in [-0.05, 0) is 12.1 Å². The Labute approximate surface area is 71.4 Å². The summed E-state index contributed by atoms with van der Waals surface area (Å²) in [5, 5.41) is 0. The van der Waals surface area contributed by atoms with E-state index in [1.807, 2.05) is 0 Å². The summed E-state index contributed by atoms with van der Waals surface area (Å²) in [6.45, 7) is 1.80. The molecule has 0 saturated heterocycles. The summed E-state index contributed by atoms with van der Waals surface area (Å²) < 4.78 is 0. The number of anilines is 2. The van der Waals surface area contributed by atoms with Gasteiger partial charge in [0.25, 0.3) is 0 Å². The van der Waals surface area contributed by atoms with Crippen molar-refractivity contribution in [2.45, 2.75) is 13.3 Å². The minimum atomic E-state index is 0.0276. The molecular formula is C9H12N2O. The molecule has 0 atom stereocenters. The number of ketones is 1. The quantitative estimate of drug-likeness (QED) is 0.513. The summed E-state index contributed by atoms with van der Waals surface area (Å²) >= 11 is 0. The second kappa shape index (κ2) is 3.26. The minimum absolute atomic E-state index is 0.0276. The number of hydrogen-bond donors (Lipinski definition) is 2. The van der Waals surface area contributed by atoms with Crippen LogP contribution in [0, 0.1) is 0 Å². The van der Waals surface area contributed by atoms with E-state index in [0.717, 1.165) is 0 Å². The highest BCUT2D eigenvalue weighted by atomic mass is 16.1. The molecule has 64 valence electrons. The maximum Gasteiger partial charge on any atom is 0.164 e. The van der Waals surface area contributed by atoms with Gasteiger partial charge in [0.1, 0.15) is 0 Å². The third kappa shape index (κ3) is 1.39. The summed E-state index contributed by atoms with van der Waals surface area (Å²) in [5.41, 5.74) is 12.5. The molecule has 0 unspecified atom stereocenters. The fourth-order valence-corrected chi connectivity index (χ4v) is 1.02. The molecule has 0 aliphatic carbocycles. The van der Waals surface area contributed by atoms with Crippen LogP contribution in [-0.4, -0.2) is 5.78 Å². The van der Waals surface area contributed by atoms with Gasteiger partial charge in [-0.25, -0.2) is 0 Å². The molecule has 0 fully saturated rings. The van der Waals surface area contributed by atoms with Crippen LogP contribution in [0.5, 0.6) is 0 Å². The SMILES string of the molecule is CCC(=O)c1cccc(N)c1N. The lowest BCUT2D eigenvalue weighted by atomic mass is 10.1. The van der Waals surface area contributed by atoms with E-state index in [4.69, 9.17) is 11.5 Å². The van der Waals surface area contributed by atoms with E-state index in [9.17, 15) is 4.79 Å². The van der Waals surface area contributed by atoms with Crippen molar-refractivity contribution in [2.24, 2.45) is 0 Å². The first-order valence-electron chi connectivity index (χ1n) is 3.84. The Hall–Kier alpha value is -1.51. The van der Waals surface area contributed by atoms with Crippen LogP contribution in [0.4, 0.5) is 11.4 Å². The number of nitrogen functional groups attached to an aromatic ring is 2. The lowest BCUT2D eigenvalue weighted by molar-refractivity contribution is 0.0989. The lowest BCUT2D eigenvalue weighted by Crippen LogP contribution is -2.04. The number of rotatable bonds is 2. The van der Waals surface area contributed by atoms with E-state index in [0.29, 0.717) is 23.4 Å². The van der Waals surface area contributed by atoms with E-state index in [2.05, 4.69) is 0 Å². The molecule has 3 heteroatoms. The van der Waals surface area contributed by atoms with Crippen LogP contribution < -0.4 is 11.5 Å². The fraction of sp³-hybridized carbons (Fsp3) is 0.222. The maximum atomic E-state index is 11.3. The van der Waals surface area contributed by atoms with Crippen molar-refractivity contribution in [1.82, 2.24) is 0 Å². The van der Waals surface area contributed by atoms with Crippen molar-refractivity contribution in [3.05, 3.63) is 23.8 Å². The summed E-state index contributed by atoms with van der Waals surface area (Å²) in [5.74, 6) is 0.0276. The van der Waals surface area contributed by atoms with E-state index in [-0.39, 0.29) is 5.78 Å². The van der Waals surface area contributed by atoms with Gasteiger partial charge in [0.05, 0.1) is 11.4 Å². The number of nitrogens with two attached hydrogens (primary N) is 2. The second-order valence-electron chi connectivity index (χ2n) is 2.59. The highest BCUT2D eigenvalue weighted by Crippen LogP contribution is 2.20. The molecule has 3 nitrogen and oxygen atoms in total. The monoisotopic (exact) mass is 164 g/mol. The van der Waals surface area contributed by atoms with Crippen molar-refractivity contribution in [3.8, 4) is 0 Å². The van der Waals surface area contributed by atoms with Crippen LogP contribution >= 0.6 is 0 Å². The third-order valence-corrected chi connectivity index (χ3v) is 1.76. The molecule has 4 N–H and O–H groups in total. The first-order chi connectivity index (χ1) is 5.66. The number of carbonyl (C=O) groups is 1. The second-order valence-corrected chi connectivity index (χ2v) is 2.59. The van der Waals surface area contributed by atoms with Gasteiger partial charge in [-0.1, -0.05) is 13.0 Å². The number of benzene rings is 1. The summed E-state index contributed by atoms with van der Waals surface area (Å²) in [7, 11) is 0. The van der Waals surface area contributed by atoms with Crippen LogP contribution in [0.1, 0.15) is 23.7 Å². The molecule has 1 aromatic rings. The number of carbonyl (C=O) groups excluding carboxylic acids is 1. The molecule has 1 rings (SSSR count). The molecule has 0 heterocycles. The zero-order valence-corrected chi connectivity index (χ0v) is 7.00. The fourth-order valence-electron chi connectivity index (χ4n) is 1.02. The van der Waals surface area contributed by atoms with Gasteiger partial charge in [-0.3, -0.25) is 4.79 Å². The number of Topliss-reactive ketones (excluding diaryl/α,β-unsaturated/α-hetero) is 1. The van der Waals surface area contributed by atoms with Crippen molar-refractivity contribution in [2.75, 3.05) is 11.5 Å². The Kier molecular flexibility index (Phi) is 2.33. The van der Waals surface area contributed by atoms with Gasteiger partial charge >= 0.3 is 0 Å². The van der Waals surface area contributed by atoms with Crippen LogP contribution in [0.2, 0.25) is 0 Å². The smallest absolute Gasteiger partial charge is 0.164 e. The Morgan fingerprint density at radius 3 is 2.67 bits per heavy atom. The molecule has 0 radical (unpaired) electrons. The zero-order chi connectivity index (χ0) is 9.14. The van der Waals surface area contributed by atoms with Crippen LogP contribution in [0.15, 0.2) is 18.2 Å². The normalized spacial score (nSPS) is 9.75. The van der Waals surface area contributed by atoms with Crippen molar-refractivity contribution >= 4 is 17.2 Å². The van der Waals surface area contributed by atoms with Crippen molar-refractivity contribution < 1.29 is 4.79 Å². The predicted octanol–water partition coefficient (Wildman–Crippen LogP) is 1.44. The van der Waals surface area contributed by atoms with Crippen molar-refractivity contribution in [3.63, 3.8) is 0 Å². The van der Waals surface area contributed by atoms with Gasteiger partial charge < -0.3 is 11.5 Å². The Morgan fingerprint density at radius 1 is 1.42 bits per heavy atom. The Morgan fingerprint density at radius 2 is 2.08 bits per heavy atom. The molecule has 0 amide bonds. The molecule has 0 aromatic heterocycles. The number of para-hydroxylation sites is 1. The van der Waals surface area contributed by atoms with Gasteiger partial charge in [0, 0.05) is 12.0 Å². The van der Waals surface area contributed by atoms with Gasteiger partial charge in [0.15, 0.2) is 5.78 Å². The van der Waals surface area contributed by atoms with Crippen molar-refractivity contribution in [1.29, 1.82) is 0 Å². The highest BCUT2D eigenvalue weighted by molar-refractivity contribution is 6.02. The molecule has 0 saturated carbocycles. The number of hydrogen-bond acceptors (Lipinski definition) is 3. The Bertz CT molecular complexity index is 307. The molecule has 1 aromatic carbocycles. The molecular weight excluding hydrogens is 152 g/mol. The summed E-state index contributed by atoms with van der Waals surface area (Å²) in [4.78, 5) is 11.3. The lowest BCUT2D eigenvalue weighted by Gasteiger charge is -2.04.